The molecule has 2 nitrogen and oxygen atoms in total. The van der Waals surface area contributed by atoms with Crippen molar-refractivity contribution >= 4 is 5.69 Å². The van der Waals surface area contributed by atoms with Crippen molar-refractivity contribution in [3.8, 4) is 0 Å². The van der Waals surface area contributed by atoms with Crippen molar-refractivity contribution in [2.24, 2.45) is 0 Å². The van der Waals surface area contributed by atoms with Gasteiger partial charge in [0.2, 0.25) is 0 Å². The first-order valence-corrected chi connectivity index (χ1v) is 4.32. The van der Waals surface area contributed by atoms with Crippen LogP contribution in [-0.2, 0) is 6.42 Å². The first-order chi connectivity index (χ1) is 5.84. The summed E-state index contributed by atoms with van der Waals surface area (Å²) in [5, 5.41) is 3.12. The topological polar surface area (TPSA) is 38.0 Å². The van der Waals surface area contributed by atoms with Crippen LogP contribution in [0.2, 0.25) is 0 Å². The van der Waals surface area contributed by atoms with E-state index in [1.165, 1.54) is 5.56 Å². The van der Waals surface area contributed by atoms with E-state index in [1.54, 1.807) is 0 Å². The average Bonchev–Trinajstić information content (AvgIpc) is 2.09. The van der Waals surface area contributed by atoms with E-state index < -0.39 is 0 Å². The summed E-state index contributed by atoms with van der Waals surface area (Å²) in [5.41, 5.74) is 7.95. The van der Waals surface area contributed by atoms with Crippen molar-refractivity contribution in [2.75, 3.05) is 19.3 Å². The number of hydrogen-bond acceptors (Lipinski definition) is 2. The third-order valence-corrected chi connectivity index (χ3v) is 1.93. The zero-order chi connectivity index (χ0) is 8.81. The lowest BCUT2D eigenvalue weighted by atomic mass is 10.1. The number of nitrogens with one attached hydrogen (secondary N) is 1. The van der Waals surface area contributed by atoms with Crippen LogP contribution in [0.3, 0.4) is 0 Å². The molecule has 0 atom stereocenters. The first kappa shape index (κ1) is 9.07. The Balaban J connectivity index is 2.46. The minimum atomic E-state index is 0.911. The highest BCUT2D eigenvalue weighted by atomic mass is 14.8. The highest BCUT2D eigenvalue weighted by Gasteiger charge is 1.95. The largest absolute Gasteiger partial charge is 0.399 e. The Morgan fingerprint density at radius 2 is 2.08 bits per heavy atom. The quantitative estimate of drug-likeness (QED) is 0.521. The second-order valence-corrected chi connectivity index (χ2v) is 2.91. The predicted molar refractivity (Wildman–Crippen MR) is 53.1 cm³/mol. The van der Waals surface area contributed by atoms with Gasteiger partial charge < -0.3 is 11.1 Å². The predicted octanol–water partition coefficient (Wildman–Crippen LogP) is 1.42. The Morgan fingerprint density at radius 1 is 1.33 bits per heavy atom. The molecule has 0 aliphatic heterocycles. The molecule has 0 aromatic heterocycles. The van der Waals surface area contributed by atoms with Crippen molar-refractivity contribution < 1.29 is 0 Å². The van der Waals surface area contributed by atoms with E-state index in [9.17, 15) is 0 Å². The second kappa shape index (κ2) is 4.78. The lowest BCUT2D eigenvalue weighted by Crippen LogP contribution is -2.08. The van der Waals surface area contributed by atoms with Crippen molar-refractivity contribution in [3.63, 3.8) is 0 Å². The SMILES string of the molecule is CNCCCc1ccccc1N. The van der Waals surface area contributed by atoms with Gasteiger partial charge in [0.1, 0.15) is 0 Å². The maximum Gasteiger partial charge on any atom is 0.0346 e. The molecule has 0 unspecified atom stereocenters. The minimum absolute atomic E-state index is 0.911. The van der Waals surface area contributed by atoms with E-state index in [0.29, 0.717) is 0 Å². The van der Waals surface area contributed by atoms with Crippen LogP contribution in [0.5, 0.6) is 0 Å². The fourth-order valence-electron chi connectivity index (χ4n) is 1.22. The van der Waals surface area contributed by atoms with Gasteiger partial charge in [0.25, 0.3) is 0 Å². The second-order valence-electron chi connectivity index (χ2n) is 2.91. The molecule has 66 valence electrons. The summed E-state index contributed by atoms with van der Waals surface area (Å²) in [5.74, 6) is 0. The number of anilines is 1. The molecule has 0 saturated carbocycles. The van der Waals surface area contributed by atoms with Crippen molar-refractivity contribution in [3.05, 3.63) is 29.8 Å². The molecule has 0 saturated heterocycles. The summed E-state index contributed by atoms with van der Waals surface area (Å²) < 4.78 is 0. The number of nitrogen functional groups attached to an aromatic ring is 1. The van der Waals surface area contributed by atoms with Gasteiger partial charge in [-0.1, -0.05) is 18.2 Å². The summed E-state index contributed by atoms with van der Waals surface area (Å²) in [6.45, 7) is 1.05. The average molecular weight is 164 g/mol. The molecule has 0 aliphatic rings. The molecule has 0 radical (unpaired) electrons. The molecular weight excluding hydrogens is 148 g/mol. The number of benzene rings is 1. The van der Waals surface area contributed by atoms with E-state index in [0.717, 1.165) is 25.1 Å². The lowest BCUT2D eigenvalue weighted by molar-refractivity contribution is 0.725. The lowest BCUT2D eigenvalue weighted by Gasteiger charge is -2.03. The van der Waals surface area contributed by atoms with E-state index in [1.807, 2.05) is 25.2 Å². The normalized spacial score (nSPS) is 10.1. The van der Waals surface area contributed by atoms with E-state index in [2.05, 4.69) is 11.4 Å². The fourth-order valence-corrected chi connectivity index (χ4v) is 1.22. The molecule has 1 rings (SSSR count). The Kier molecular flexibility index (Phi) is 3.61. The Bertz CT molecular complexity index is 233. The highest BCUT2D eigenvalue weighted by molar-refractivity contribution is 5.46. The molecule has 12 heavy (non-hydrogen) atoms. The molecule has 0 fully saturated rings. The maximum absolute atomic E-state index is 5.78. The number of aryl methyl sites for hydroxylation is 1. The smallest absolute Gasteiger partial charge is 0.0346 e. The summed E-state index contributed by atoms with van der Waals surface area (Å²) in [6, 6.07) is 8.04. The van der Waals surface area contributed by atoms with Gasteiger partial charge in [0.05, 0.1) is 0 Å². The van der Waals surface area contributed by atoms with Crippen LogP contribution < -0.4 is 11.1 Å². The van der Waals surface area contributed by atoms with Crippen LogP contribution in [0.4, 0.5) is 5.69 Å². The van der Waals surface area contributed by atoms with Crippen LogP contribution in [0.25, 0.3) is 0 Å². The minimum Gasteiger partial charge on any atom is -0.399 e. The highest BCUT2D eigenvalue weighted by Crippen LogP contribution is 2.11. The molecule has 0 aliphatic carbocycles. The van der Waals surface area contributed by atoms with Crippen LogP contribution in [0.15, 0.2) is 24.3 Å². The van der Waals surface area contributed by atoms with Gasteiger partial charge in [-0.25, -0.2) is 0 Å². The van der Waals surface area contributed by atoms with Crippen LogP contribution in [0, 0.1) is 0 Å². The molecule has 0 bridgehead atoms. The van der Waals surface area contributed by atoms with Crippen LogP contribution >= 0.6 is 0 Å². The van der Waals surface area contributed by atoms with E-state index >= 15 is 0 Å². The molecule has 0 heterocycles. The van der Waals surface area contributed by atoms with Gasteiger partial charge in [-0.15, -0.1) is 0 Å². The Hall–Kier alpha value is -1.02. The third-order valence-electron chi connectivity index (χ3n) is 1.93. The maximum atomic E-state index is 5.78. The van der Waals surface area contributed by atoms with Crippen molar-refractivity contribution in [1.82, 2.24) is 5.32 Å². The van der Waals surface area contributed by atoms with Crippen molar-refractivity contribution in [1.29, 1.82) is 0 Å². The van der Waals surface area contributed by atoms with Crippen LogP contribution in [0.1, 0.15) is 12.0 Å². The molecule has 1 aromatic rings. The van der Waals surface area contributed by atoms with E-state index in [4.69, 9.17) is 5.73 Å². The van der Waals surface area contributed by atoms with Gasteiger partial charge in [-0.3, -0.25) is 0 Å². The van der Waals surface area contributed by atoms with Crippen LogP contribution in [-0.4, -0.2) is 13.6 Å². The molecular formula is C10H16N2. The summed E-state index contributed by atoms with van der Waals surface area (Å²) >= 11 is 0. The van der Waals surface area contributed by atoms with Crippen molar-refractivity contribution in [2.45, 2.75) is 12.8 Å². The van der Waals surface area contributed by atoms with Gasteiger partial charge in [-0.2, -0.15) is 0 Å². The number of nitrogens with two attached hydrogens (primary N) is 1. The molecule has 0 spiro atoms. The number of para-hydroxylation sites is 1. The third kappa shape index (κ3) is 2.55. The van der Waals surface area contributed by atoms with Gasteiger partial charge in [-0.05, 0) is 38.1 Å². The van der Waals surface area contributed by atoms with Gasteiger partial charge in [0.15, 0.2) is 0 Å². The summed E-state index contributed by atoms with van der Waals surface area (Å²) in [6.07, 6.45) is 2.21. The molecule has 0 amide bonds. The standard InChI is InChI=1S/C10H16N2/c1-12-8-4-6-9-5-2-3-7-10(9)11/h2-3,5,7,12H,4,6,8,11H2,1H3. The van der Waals surface area contributed by atoms with Gasteiger partial charge >= 0.3 is 0 Å². The monoisotopic (exact) mass is 164 g/mol. The fraction of sp³-hybridized carbons (Fsp3) is 0.400. The first-order valence-electron chi connectivity index (χ1n) is 4.32. The van der Waals surface area contributed by atoms with E-state index in [-0.39, 0.29) is 0 Å². The summed E-state index contributed by atoms with van der Waals surface area (Å²) in [4.78, 5) is 0. The number of hydrogen-bond donors (Lipinski definition) is 2. The summed E-state index contributed by atoms with van der Waals surface area (Å²) in [7, 11) is 1.97. The molecule has 3 N–H and O–H groups in total. The molecule has 1 aromatic carbocycles. The Labute approximate surface area is 73.8 Å². The zero-order valence-electron chi connectivity index (χ0n) is 7.51. The number of rotatable bonds is 4. The van der Waals surface area contributed by atoms with Gasteiger partial charge in [0, 0.05) is 5.69 Å². The zero-order valence-corrected chi connectivity index (χ0v) is 7.51. The Morgan fingerprint density at radius 3 is 2.75 bits per heavy atom. The molecule has 2 heteroatoms.